The third kappa shape index (κ3) is 5.95. The van der Waals surface area contributed by atoms with Gasteiger partial charge in [-0.15, -0.1) is 0 Å². The molecule has 0 saturated carbocycles. The number of amides is 1. The topological polar surface area (TPSA) is 146 Å². The number of ether oxygens (including phenoxy) is 3. The van der Waals surface area contributed by atoms with Gasteiger partial charge in [0.25, 0.3) is 5.56 Å². The monoisotopic (exact) mass is 635 g/mol. The van der Waals surface area contributed by atoms with Crippen LogP contribution in [0.1, 0.15) is 76.3 Å². The second-order valence-electron chi connectivity index (χ2n) is 13.4. The number of aromatic hydroxyl groups is 1. The van der Waals surface area contributed by atoms with E-state index in [-0.39, 0.29) is 43.7 Å². The molecule has 0 spiro atoms. The number of phenols is 1. The lowest BCUT2D eigenvalue weighted by atomic mass is 9.85. The average Bonchev–Trinajstić information content (AvgIpc) is 3.32. The summed E-state index contributed by atoms with van der Waals surface area (Å²) in [6.07, 6.45) is -0.356. The van der Waals surface area contributed by atoms with Gasteiger partial charge in [0.15, 0.2) is 0 Å². The quantitative estimate of drug-likeness (QED) is 0.112. The minimum atomic E-state index is -2.32. The second kappa shape index (κ2) is 11.6. The van der Waals surface area contributed by atoms with E-state index in [1.807, 2.05) is 13.0 Å². The number of hydrogen-bond acceptors (Lipinski definition) is 9. The highest BCUT2D eigenvalue weighted by molar-refractivity contribution is 6.78. The fourth-order valence-electron chi connectivity index (χ4n) is 5.92. The third-order valence-corrected chi connectivity index (χ3v) is 12.3. The second-order valence-corrected chi connectivity index (χ2v) is 18.6. The lowest BCUT2D eigenvalue weighted by Gasteiger charge is -2.43. The van der Waals surface area contributed by atoms with Gasteiger partial charge >= 0.3 is 18.0 Å². The SMILES string of the molecule is CCC1(OC(=O)CCCNC(=O)OC(C)(C)C)C(=O)OC([Si](C)(C)CC)c2c1cc1n(c2=O)Cc2cc3cc(O)ccc3nc2-1. The molecule has 11 nitrogen and oxygen atoms in total. The standard InChI is InChI=1S/C33H41N3O8Si/c1-8-33(43-25(38)11-10-14-34-31(41)44-32(3,4)5)22-17-24-27-20(15-19-16-21(37)12-13-23(19)35-27)18-36(24)28(39)26(22)29(42-30(33)40)45(6,7)9-2/h12-13,15-17,29,37H,8-11,14,18H2,1-7H3,(H,34,41). The zero-order chi connectivity index (χ0) is 32.9. The van der Waals surface area contributed by atoms with Crippen molar-refractivity contribution in [2.24, 2.45) is 0 Å². The summed E-state index contributed by atoms with van der Waals surface area (Å²) in [4.78, 5) is 58.4. The summed E-state index contributed by atoms with van der Waals surface area (Å²) in [6.45, 7) is 13.6. The number of benzene rings is 1. The minimum Gasteiger partial charge on any atom is -0.508 e. The van der Waals surface area contributed by atoms with Gasteiger partial charge in [-0.25, -0.2) is 14.6 Å². The van der Waals surface area contributed by atoms with Gasteiger partial charge in [0.05, 0.1) is 29.0 Å². The molecule has 2 aliphatic rings. The van der Waals surface area contributed by atoms with Crippen molar-refractivity contribution in [1.29, 1.82) is 0 Å². The molecule has 2 N–H and O–H groups in total. The van der Waals surface area contributed by atoms with Gasteiger partial charge in [0.2, 0.25) is 5.60 Å². The first kappa shape index (κ1) is 32.2. The predicted octanol–water partition coefficient (Wildman–Crippen LogP) is 5.45. The van der Waals surface area contributed by atoms with Crippen LogP contribution < -0.4 is 10.9 Å². The Labute approximate surface area is 262 Å². The zero-order valence-electron chi connectivity index (χ0n) is 26.9. The molecule has 2 unspecified atom stereocenters. The molecule has 12 heteroatoms. The maximum absolute atomic E-state index is 14.4. The summed E-state index contributed by atoms with van der Waals surface area (Å²) in [7, 11) is -2.32. The molecule has 3 aromatic rings. The van der Waals surface area contributed by atoms with E-state index in [2.05, 4.69) is 18.4 Å². The van der Waals surface area contributed by atoms with Crippen LogP contribution in [-0.2, 0) is 35.9 Å². The summed E-state index contributed by atoms with van der Waals surface area (Å²) in [6, 6.07) is 9.33. The number of hydrogen-bond donors (Lipinski definition) is 2. The normalized spacial score (nSPS) is 18.9. The van der Waals surface area contributed by atoms with Crippen LogP contribution in [-0.4, -0.2) is 52.9 Å². The lowest BCUT2D eigenvalue weighted by molar-refractivity contribution is -0.190. The highest BCUT2D eigenvalue weighted by Crippen LogP contribution is 2.47. The molecule has 0 radical (unpaired) electrons. The van der Waals surface area contributed by atoms with Crippen LogP contribution in [0.25, 0.3) is 22.3 Å². The number of esters is 2. The molecule has 5 rings (SSSR count). The summed E-state index contributed by atoms with van der Waals surface area (Å²) in [5, 5.41) is 13.4. The van der Waals surface area contributed by atoms with E-state index in [1.165, 1.54) is 0 Å². The van der Waals surface area contributed by atoms with Crippen LogP contribution in [0, 0.1) is 0 Å². The number of nitrogens with zero attached hydrogens (tertiary/aromatic N) is 2. The van der Waals surface area contributed by atoms with E-state index in [9.17, 15) is 24.3 Å². The number of carbonyl (C=O) groups is 3. The highest BCUT2D eigenvalue weighted by Gasteiger charge is 2.55. The number of aromatic nitrogens is 2. The first-order chi connectivity index (χ1) is 21.1. The maximum Gasteiger partial charge on any atom is 0.407 e. The van der Waals surface area contributed by atoms with E-state index < -0.39 is 43.0 Å². The molecule has 2 atom stereocenters. The summed E-state index contributed by atoms with van der Waals surface area (Å²) < 4.78 is 19.0. The Bertz CT molecular complexity index is 1760. The zero-order valence-corrected chi connectivity index (χ0v) is 27.9. The number of carbonyl (C=O) groups excluding carboxylic acids is 3. The number of rotatable bonds is 8. The van der Waals surface area contributed by atoms with E-state index >= 15 is 0 Å². The molecular formula is C33H41N3O8Si. The molecule has 45 heavy (non-hydrogen) atoms. The van der Waals surface area contributed by atoms with Crippen LogP contribution in [0.2, 0.25) is 19.1 Å². The molecule has 1 aromatic carbocycles. The molecule has 0 fully saturated rings. The number of phenolic OH excluding ortho intramolecular Hbond substituents is 1. The Kier molecular flexibility index (Phi) is 8.32. The van der Waals surface area contributed by atoms with Crippen molar-refractivity contribution in [3.05, 3.63) is 57.4 Å². The third-order valence-electron chi connectivity index (χ3n) is 8.67. The van der Waals surface area contributed by atoms with Crippen LogP contribution in [0.15, 0.2) is 35.1 Å². The van der Waals surface area contributed by atoms with Crippen LogP contribution >= 0.6 is 0 Å². The van der Waals surface area contributed by atoms with Crippen molar-refractivity contribution in [3.63, 3.8) is 0 Å². The van der Waals surface area contributed by atoms with Crippen molar-refractivity contribution in [1.82, 2.24) is 14.9 Å². The Morgan fingerprint density at radius 1 is 1.18 bits per heavy atom. The van der Waals surface area contributed by atoms with Gasteiger partial charge in [0.1, 0.15) is 25.2 Å². The minimum absolute atomic E-state index is 0.0573. The molecule has 0 aliphatic carbocycles. The van der Waals surface area contributed by atoms with Gasteiger partial charge in [-0.2, -0.15) is 0 Å². The summed E-state index contributed by atoms with van der Waals surface area (Å²) in [5.74, 6) is -1.23. The molecule has 2 aliphatic heterocycles. The number of nitrogens with one attached hydrogen (secondary N) is 1. The summed E-state index contributed by atoms with van der Waals surface area (Å²) in [5.41, 5.74) is -0.207. The molecule has 0 saturated heterocycles. The number of pyridine rings is 2. The van der Waals surface area contributed by atoms with Crippen molar-refractivity contribution < 1.29 is 33.7 Å². The molecule has 0 bridgehead atoms. The number of fused-ring (bicyclic) bond motifs is 5. The highest BCUT2D eigenvalue weighted by atomic mass is 28.3. The Morgan fingerprint density at radius 2 is 1.91 bits per heavy atom. The van der Waals surface area contributed by atoms with Gasteiger partial charge in [-0.05, 0) is 63.9 Å². The van der Waals surface area contributed by atoms with E-state index in [1.54, 1.807) is 56.5 Å². The summed E-state index contributed by atoms with van der Waals surface area (Å²) >= 11 is 0. The lowest BCUT2D eigenvalue weighted by Crippen LogP contribution is -2.53. The van der Waals surface area contributed by atoms with Gasteiger partial charge in [-0.3, -0.25) is 9.59 Å². The molecule has 1 amide bonds. The van der Waals surface area contributed by atoms with Crippen molar-refractivity contribution in [2.75, 3.05) is 6.54 Å². The Balaban J connectivity index is 1.54. The van der Waals surface area contributed by atoms with Gasteiger partial charge in [-0.1, -0.05) is 33.0 Å². The van der Waals surface area contributed by atoms with E-state index in [0.29, 0.717) is 28.0 Å². The van der Waals surface area contributed by atoms with Crippen LogP contribution in [0.5, 0.6) is 5.75 Å². The maximum atomic E-state index is 14.4. The Morgan fingerprint density at radius 3 is 2.58 bits per heavy atom. The first-order valence-corrected chi connectivity index (χ1v) is 18.7. The average molecular weight is 636 g/mol. The van der Waals surface area contributed by atoms with Crippen molar-refractivity contribution in [2.45, 2.75) is 96.5 Å². The van der Waals surface area contributed by atoms with E-state index in [4.69, 9.17) is 19.2 Å². The molecular weight excluding hydrogens is 594 g/mol. The van der Waals surface area contributed by atoms with Crippen LogP contribution in [0.3, 0.4) is 0 Å². The fraction of sp³-hybridized carbons (Fsp3) is 0.485. The smallest absolute Gasteiger partial charge is 0.407 e. The van der Waals surface area contributed by atoms with Gasteiger partial charge < -0.3 is 29.2 Å². The number of alkyl carbamates (subject to hydrolysis) is 1. The van der Waals surface area contributed by atoms with Crippen molar-refractivity contribution in [3.8, 4) is 17.1 Å². The Hall–Kier alpha value is -4.19. The number of cyclic esters (lactones) is 1. The van der Waals surface area contributed by atoms with Crippen molar-refractivity contribution >= 4 is 37.0 Å². The molecule has 240 valence electrons. The van der Waals surface area contributed by atoms with E-state index in [0.717, 1.165) is 17.0 Å². The first-order valence-electron chi connectivity index (χ1n) is 15.4. The molecule has 4 heterocycles. The molecule has 2 aromatic heterocycles. The fourth-order valence-corrected chi connectivity index (χ4v) is 7.77. The van der Waals surface area contributed by atoms with Gasteiger partial charge in [0, 0.05) is 29.5 Å². The predicted molar refractivity (Wildman–Crippen MR) is 171 cm³/mol. The van der Waals surface area contributed by atoms with Crippen LogP contribution in [0.4, 0.5) is 4.79 Å². The largest absolute Gasteiger partial charge is 0.508 e.